The third-order valence-electron chi connectivity index (χ3n) is 3.99. The fourth-order valence-electron chi connectivity index (χ4n) is 2.73. The molecule has 0 bridgehead atoms. The molecule has 2 aromatic carbocycles. The number of nitrogens with one attached hydrogen (secondary N) is 1. The first-order chi connectivity index (χ1) is 10.2. The Morgan fingerprint density at radius 3 is 2.57 bits per heavy atom. The van der Waals surface area contributed by atoms with Crippen LogP contribution in [-0.4, -0.2) is 11.9 Å². The van der Waals surface area contributed by atoms with Crippen molar-refractivity contribution in [2.24, 2.45) is 0 Å². The van der Waals surface area contributed by atoms with E-state index in [-0.39, 0.29) is 5.91 Å². The zero-order valence-electron chi connectivity index (χ0n) is 12.4. The summed E-state index contributed by atoms with van der Waals surface area (Å²) < 4.78 is 0. The minimum atomic E-state index is 0.179. The predicted molar refractivity (Wildman–Crippen MR) is 86.1 cm³/mol. The third kappa shape index (κ3) is 3.52. The molecule has 0 spiro atoms. The number of hydrogen-bond donors (Lipinski definition) is 1. The molecule has 3 rings (SSSR count). The van der Waals surface area contributed by atoms with E-state index in [1.165, 1.54) is 22.3 Å². The van der Waals surface area contributed by atoms with Gasteiger partial charge in [0.05, 0.1) is 0 Å². The summed E-state index contributed by atoms with van der Waals surface area (Å²) in [4.78, 5) is 11.9. The molecule has 0 radical (unpaired) electrons. The third-order valence-corrected chi connectivity index (χ3v) is 3.99. The van der Waals surface area contributed by atoms with E-state index in [4.69, 9.17) is 0 Å². The summed E-state index contributed by atoms with van der Waals surface area (Å²) in [5.41, 5.74) is 5.03. The Balaban J connectivity index is 1.78. The van der Waals surface area contributed by atoms with Gasteiger partial charge >= 0.3 is 0 Å². The van der Waals surface area contributed by atoms with Crippen LogP contribution in [0.5, 0.6) is 0 Å². The molecule has 0 heterocycles. The largest absolute Gasteiger partial charge is 0.353 e. The minimum Gasteiger partial charge on any atom is -0.353 e. The zero-order chi connectivity index (χ0) is 14.7. The summed E-state index contributed by atoms with van der Waals surface area (Å²) in [5, 5.41) is 3.06. The average molecular weight is 279 g/mol. The fraction of sp³-hybridized carbons (Fsp3) is 0.316. The van der Waals surface area contributed by atoms with E-state index in [9.17, 15) is 4.79 Å². The number of amides is 1. The van der Waals surface area contributed by atoms with Crippen molar-refractivity contribution in [3.63, 3.8) is 0 Å². The average Bonchev–Trinajstić information content (AvgIpc) is 3.30. The van der Waals surface area contributed by atoms with E-state index in [0.29, 0.717) is 12.5 Å². The first-order valence-corrected chi connectivity index (χ1v) is 7.67. The van der Waals surface area contributed by atoms with Gasteiger partial charge in [-0.05, 0) is 48.4 Å². The fourth-order valence-corrected chi connectivity index (χ4v) is 2.73. The van der Waals surface area contributed by atoms with Gasteiger partial charge in [0, 0.05) is 12.5 Å². The number of benzene rings is 2. The summed E-state index contributed by atoms with van der Waals surface area (Å²) in [5.74, 6) is 0.179. The first kappa shape index (κ1) is 13.9. The van der Waals surface area contributed by atoms with Gasteiger partial charge in [-0.15, -0.1) is 0 Å². The van der Waals surface area contributed by atoms with Crippen molar-refractivity contribution in [2.75, 3.05) is 0 Å². The smallest absolute Gasteiger partial charge is 0.220 e. The molecule has 0 saturated heterocycles. The molecule has 0 aromatic heterocycles. The van der Waals surface area contributed by atoms with Gasteiger partial charge in [0.15, 0.2) is 0 Å². The van der Waals surface area contributed by atoms with Crippen LogP contribution >= 0.6 is 0 Å². The highest BCUT2D eigenvalue weighted by Gasteiger charge is 2.23. The number of aryl methyl sites for hydroxylation is 2. The minimum absolute atomic E-state index is 0.179. The van der Waals surface area contributed by atoms with E-state index in [2.05, 4.69) is 54.7 Å². The molecule has 1 aliphatic carbocycles. The molecule has 1 saturated carbocycles. The Kier molecular flexibility index (Phi) is 4.05. The van der Waals surface area contributed by atoms with Gasteiger partial charge in [-0.2, -0.15) is 0 Å². The number of carbonyl (C=O) groups is 1. The maximum absolute atomic E-state index is 11.9. The molecule has 2 aromatic rings. The van der Waals surface area contributed by atoms with E-state index in [1.807, 2.05) is 6.07 Å². The quantitative estimate of drug-likeness (QED) is 0.884. The topological polar surface area (TPSA) is 29.1 Å². The Morgan fingerprint density at radius 2 is 1.86 bits per heavy atom. The Morgan fingerprint density at radius 1 is 1.10 bits per heavy atom. The van der Waals surface area contributed by atoms with Gasteiger partial charge < -0.3 is 5.32 Å². The summed E-state index contributed by atoms with van der Waals surface area (Å²) in [7, 11) is 0. The lowest BCUT2D eigenvalue weighted by molar-refractivity contribution is -0.121. The van der Waals surface area contributed by atoms with E-state index in [0.717, 1.165) is 19.3 Å². The molecular weight excluding hydrogens is 258 g/mol. The monoisotopic (exact) mass is 279 g/mol. The van der Waals surface area contributed by atoms with Crippen LogP contribution in [0.2, 0.25) is 0 Å². The van der Waals surface area contributed by atoms with Gasteiger partial charge in [0.25, 0.3) is 0 Å². The molecule has 1 N–H and O–H groups in total. The SMILES string of the molecule is Cc1cccc(CCC(=O)NC2CC2)c1-c1ccccc1. The molecule has 1 amide bonds. The zero-order valence-corrected chi connectivity index (χ0v) is 12.4. The highest BCUT2D eigenvalue weighted by atomic mass is 16.1. The van der Waals surface area contributed by atoms with Crippen molar-refractivity contribution in [1.82, 2.24) is 5.32 Å². The van der Waals surface area contributed by atoms with Crippen LogP contribution in [0.1, 0.15) is 30.4 Å². The summed E-state index contributed by atoms with van der Waals surface area (Å²) in [6.45, 7) is 2.14. The molecule has 0 unspecified atom stereocenters. The maximum atomic E-state index is 11.9. The van der Waals surface area contributed by atoms with Crippen LogP contribution in [0, 0.1) is 6.92 Å². The lowest BCUT2D eigenvalue weighted by Crippen LogP contribution is -2.25. The van der Waals surface area contributed by atoms with Crippen molar-refractivity contribution in [2.45, 2.75) is 38.6 Å². The molecular formula is C19H21NO. The number of rotatable bonds is 5. The van der Waals surface area contributed by atoms with Crippen LogP contribution in [0.15, 0.2) is 48.5 Å². The van der Waals surface area contributed by atoms with E-state index < -0.39 is 0 Å². The van der Waals surface area contributed by atoms with Crippen LogP contribution in [0.4, 0.5) is 0 Å². The highest BCUT2D eigenvalue weighted by molar-refractivity contribution is 5.78. The second-order valence-corrected chi connectivity index (χ2v) is 5.82. The summed E-state index contributed by atoms with van der Waals surface area (Å²) in [6.07, 6.45) is 3.65. The molecule has 1 fully saturated rings. The van der Waals surface area contributed by atoms with Crippen molar-refractivity contribution in [3.05, 3.63) is 59.7 Å². The highest BCUT2D eigenvalue weighted by Crippen LogP contribution is 2.28. The van der Waals surface area contributed by atoms with Crippen molar-refractivity contribution < 1.29 is 4.79 Å². The molecule has 2 heteroatoms. The number of hydrogen-bond acceptors (Lipinski definition) is 1. The van der Waals surface area contributed by atoms with Crippen molar-refractivity contribution >= 4 is 5.91 Å². The first-order valence-electron chi connectivity index (χ1n) is 7.67. The standard InChI is InChI=1S/C19H21NO/c1-14-6-5-9-16(10-13-18(21)20-17-11-12-17)19(14)15-7-3-2-4-8-15/h2-9,17H,10-13H2,1H3,(H,20,21). The molecule has 0 atom stereocenters. The van der Waals surface area contributed by atoms with Gasteiger partial charge in [-0.3, -0.25) is 4.79 Å². The number of carbonyl (C=O) groups excluding carboxylic acids is 1. The maximum Gasteiger partial charge on any atom is 0.220 e. The summed E-state index contributed by atoms with van der Waals surface area (Å²) >= 11 is 0. The second-order valence-electron chi connectivity index (χ2n) is 5.82. The van der Waals surface area contributed by atoms with E-state index in [1.54, 1.807) is 0 Å². The summed E-state index contributed by atoms with van der Waals surface area (Å²) in [6, 6.07) is 17.2. The predicted octanol–water partition coefficient (Wildman–Crippen LogP) is 3.87. The van der Waals surface area contributed by atoms with Crippen LogP contribution in [0.25, 0.3) is 11.1 Å². The van der Waals surface area contributed by atoms with E-state index >= 15 is 0 Å². The normalized spacial score (nSPS) is 14.0. The van der Waals surface area contributed by atoms with Crippen molar-refractivity contribution in [3.8, 4) is 11.1 Å². The van der Waals surface area contributed by atoms with Gasteiger partial charge in [0.2, 0.25) is 5.91 Å². The Bertz CT molecular complexity index is 629. The Labute approximate surface area is 126 Å². The van der Waals surface area contributed by atoms with Gasteiger partial charge in [-0.1, -0.05) is 48.5 Å². The molecule has 1 aliphatic rings. The lowest BCUT2D eigenvalue weighted by atomic mass is 9.92. The lowest BCUT2D eigenvalue weighted by Gasteiger charge is -2.13. The second kappa shape index (κ2) is 6.13. The molecule has 2 nitrogen and oxygen atoms in total. The van der Waals surface area contributed by atoms with Crippen LogP contribution in [-0.2, 0) is 11.2 Å². The Hall–Kier alpha value is -2.09. The molecule has 0 aliphatic heterocycles. The van der Waals surface area contributed by atoms with Gasteiger partial charge in [-0.25, -0.2) is 0 Å². The van der Waals surface area contributed by atoms with Crippen molar-refractivity contribution in [1.29, 1.82) is 0 Å². The van der Waals surface area contributed by atoms with Crippen LogP contribution < -0.4 is 5.32 Å². The molecule has 108 valence electrons. The molecule has 21 heavy (non-hydrogen) atoms. The van der Waals surface area contributed by atoms with Gasteiger partial charge in [0.1, 0.15) is 0 Å². The van der Waals surface area contributed by atoms with Crippen LogP contribution in [0.3, 0.4) is 0 Å².